The van der Waals surface area contributed by atoms with Gasteiger partial charge >= 0.3 is 0 Å². The van der Waals surface area contributed by atoms with Gasteiger partial charge in [0.05, 0.1) is 16.5 Å². The molecule has 4 rings (SSSR count). The summed E-state index contributed by atoms with van der Waals surface area (Å²) in [5, 5.41) is 22.5. The average molecular weight is 463 g/mol. The highest BCUT2D eigenvalue weighted by atomic mass is 35.5. The predicted molar refractivity (Wildman–Crippen MR) is 124 cm³/mol. The molecule has 166 valence electrons. The van der Waals surface area contributed by atoms with Gasteiger partial charge in [0.1, 0.15) is 5.76 Å². The van der Waals surface area contributed by atoms with Gasteiger partial charge in [-0.3, -0.25) is 19.7 Å². The number of nitro groups is 1. The van der Waals surface area contributed by atoms with Gasteiger partial charge in [0, 0.05) is 29.3 Å². The zero-order valence-electron chi connectivity index (χ0n) is 17.3. The maximum atomic E-state index is 13.0. The van der Waals surface area contributed by atoms with Gasteiger partial charge in [-0.25, -0.2) is 0 Å². The van der Waals surface area contributed by atoms with Crippen LogP contribution in [-0.4, -0.2) is 33.2 Å². The summed E-state index contributed by atoms with van der Waals surface area (Å²) in [6.45, 7) is 0.230. The number of halogens is 1. The number of carbonyl (C=O) groups is 2. The summed E-state index contributed by atoms with van der Waals surface area (Å²) < 4.78 is 0. The molecule has 3 aromatic carbocycles. The first-order valence-corrected chi connectivity index (χ1v) is 10.6. The van der Waals surface area contributed by atoms with E-state index in [9.17, 15) is 24.8 Å². The van der Waals surface area contributed by atoms with Crippen LogP contribution in [0.25, 0.3) is 5.76 Å². The molecule has 1 aliphatic heterocycles. The zero-order valence-corrected chi connectivity index (χ0v) is 18.1. The van der Waals surface area contributed by atoms with Gasteiger partial charge in [-0.1, -0.05) is 41.9 Å². The van der Waals surface area contributed by atoms with Gasteiger partial charge in [-0.05, 0) is 53.9 Å². The Bertz CT molecular complexity index is 1240. The smallest absolute Gasteiger partial charge is 0.295 e. The van der Waals surface area contributed by atoms with E-state index < -0.39 is 22.7 Å². The predicted octanol–water partition coefficient (Wildman–Crippen LogP) is 4.91. The normalized spacial score (nSPS) is 17.4. The fourth-order valence-corrected chi connectivity index (χ4v) is 4.02. The first-order valence-electron chi connectivity index (χ1n) is 10.2. The number of hydrogen-bond acceptors (Lipinski definition) is 5. The minimum absolute atomic E-state index is 0.0655. The molecule has 7 nitrogen and oxygen atoms in total. The van der Waals surface area contributed by atoms with E-state index in [1.165, 1.54) is 29.2 Å². The maximum absolute atomic E-state index is 13.0. The number of aliphatic hydroxyl groups excluding tert-OH is 1. The Morgan fingerprint density at radius 1 is 0.970 bits per heavy atom. The number of non-ortho nitro benzene ring substituents is 1. The molecule has 1 aliphatic rings. The molecule has 0 saturated carbocycles. The highest BCUT2D eigenvalue weighted by molar-refractivity contribution is 6.46. The lowest BCUT2D eigenvalue weighted by Crippen LogP contribution is -2.31. The molecule has 1 amide bonds. The van der Waals surface area contributed by atoms with Crippen molar-refractivity contribution in [2.24, 2.45) is 0 Å². The minimum atomic E-state index is -0.884. The van der Waals surface area contributed by atoms with Crippen LogP contribution in [0.3, 0.4) is 0 Å². The van der Waals surface area contributed by atoms with E-state index in [0.717, 1.165) is 5.56 Å². The van der Waals surface area contributed by atoms with Gasteiger partial charge < -0.3 is 10.0 Å². The van der Waals surface area contributed by atoms with Crippen LogP contribution in [0, 0.1) is 10.1 Å². The molecule has 1 saturated heterocycles. The number of benzene rings is 3. The van der Waals surface area contributed by atoms with Crippen LogP contribution in [-0.2, 0) is 16.0 Å². The number of Topliss-reactive ketones (excluding diaryl/α,β-unsaturated/α-hetero) is 1. The molecule has 1 atom stereocenters. The lowest BCUT2D eigenvalue weighted by molar-refractivity contribution is -0.384. The van der Waals surface area contributed by atoms with Gasteiger partial charge in [-0.15, -0.1) is 0 Å². The van der Waals surface area contributed by atoms with Crippen LogP contribution in [0.4, 0.5) is 5.69 Å². The first kappa shape index (κ1) is 22.2. The van der Waals surface area contributed by atoms with Gasteiger partial charge in [0.2, 0.25) is 0 Å². The largest absolute Gasteiger partial charge is 0.507 e. The number of rotatable bonds is 6. The number of aliphatic hydroxyl groups is 1. The van der Waals surface area contributed by atoms with Gasteiger partial charge in [0.15, 0.2) is 0 Å². The van der Waals surface area contributed by atoms with E-state index in [1.807, 2.05) is 30.3 Å². The van der Waals surface area contributed by atoms with E-state index in [4.69, 9.17) is 11.6 Å². The number of nitrogens with zero attached hydrogens (tertiary/aromatic N) is 2. The van der Waals surface area contributed by atoms with Crippen molar-refractivity contribution in [1.29, 1.82) is 0 Å². The lowest BCUT2D eigenvalue weighted by Gasteiger charge is -2.25. The van der Waals surface area contributed by atoms with Crippen molar-refractivity contribution >= 4 is 34.7 Å². The summed E-state index contributed by atoms with van der Waals surface area (Å²) in [6.07, 6.45) is 0.498. The molecule has 1 N–H and O–H groups in total. The molecular weight excluding hydrogens is 444 g/mol. The molecule has 0 radical (unpaired) electrons. The molecule has 1 fully saturated rings. The number of amides is 1. The van der Waals surface area contributed by atoms with Crippen LogP contribution < -0.4 is 0 Å². The van der Waals surface area contributed by atoms with Gasteiger partial charge in [-0.2, -0.15) is 0 Å². The quantitative estimate of drug-likeness (QED) is 0.184. The van der Waals surface area contributed by atoms with Crippen molar-refractivity contribution in [2.45, 2.75) is 12.5 Å². The summed E-state index contributed by atoms with van der Waals surface area (Å²) in [4.78, 5) is 38.0. The lowest BCUT2D eigenvalue weighted by atomic mass is 9.95. The van der Waals surface area contributed by atoms with E-state index in [-0.39, 0.29) is 23.6 Å². The third-order valence-corrected chi connectivity index (χ3v) is 5.81. The molecule has 0 spiro atoms. The fourth-order valence-electron chi connectivity index (χ4n) is 3.89. The maximum Gasteiger partial charge on any atom is 0.295 e. The third-order valence-electron chi connectivity index (χ3n) is 5.56. The van der Waals surface area contributed by atoms with Gasteiger partial charge in [0.25, 0.3) is 17.4 Å². The molecule has 0 aromatic heterocycles. The molecule has 1 heterocycles. The molecule has 0 unspecified atom stereocenters. The number of likely N-dealkylation sites (tertiary alicyclic amines) is 1. The van der Waals surface area contributed by atoms with Crippen LogP contribution >= 0.6 is 11.6 Å². The second-order valence-corrected chi connectivity index (χ2v) is 8.02. The fraction of sp³-hybridized carbons (Fsp3) is 0.120. The van der Waals surface area contributed by atoms with E-state index in [1.54, 1.807) is 24.3 Å². The Hall–Kier alpha value is -3.97. The van der Waals surface area contributed by atoms with E-state index in [2.05, 4.69) is 0 Å². The summed E-state index contributed by atoms with van der Waals surface area (Å²) in [7, 11) is 0. The van der Waals surface area contributed by atoms with Crippen LogP contribution in [0.1, 0.15) is 22.7 Å². The van der Waals surface area contributed by atoms with Crippen LogP contribution in [0.2, 0.25) is 5.02 Å². The summed E-state index contributed by atoms with van der Waals surface area (Å²) in [5.74, 6) is -1.86. The first-order chi connectivity index (χ1) is 15.9. The van der Waals surface area contributed by atoms with E-state index in [0.29, 0.717) is 22.6 Å². The van der Waals surface area contributed by atoms with Crippen LogP contribution in [0.5, 0.6) is 0 Å². The average Bonchev–Trinajstić information content (AvgIpc) is 3.08. The number of hydrogen-bond donors (Lipinski definition) is 1. The topological polar surface area (TPSA) is 101 Å². The second-order valence-electron chi connectivity index (χ2n) is 7.58. The summed E-state index contributed by atoms with van der Waals surface area (Å²) in [6, 6.07) is 20.5. The summed E-state index contributed by atoms with van der Waals surface area (Å²) in [5.41, 5.74) is 1.64. The number of carbonyl (C=O) groups excluding carboxylic acids is 2. The SMILES string of the molecule is O=C1C(=O)N(CCc2ccccc2)[C@H](c2ccc([N+](=O)[O-])cc2)C1=C(O)c1ccc(Cl)cc1. The Balaban J connectivity index is 1.79. The Morgan fingerprint density at radius 3 is 2.21 bits per heavy atom. The highest BCUT2D eigenvalue weighted by Crippen LogP contribution is 2.40. The Morgan fingerprint density at radius 2 is 1.61 bits per heavy atom. The monoisotopic (exact) mass is 462 g/mol. The second kappa shape index (κ2) is 9.26. The van der Waals surface area contributed by atoms with Crippen molar-refractivity contribution in [3.63, 3.8) is 0 Å². The number of nitro benzene ring substituents is 1. The third kappa shape index (κ3) is 4.49. The highest BCUT2D eigenvalue weighted by Gasteiger charge is 2.45. The Kier molecular flexibility index (Phi) is 6.24. The van der Waals surface area contributed by atoms with Crippen molar-refractivity contribution in [1.82, 2.24) is 4.90 Å². The van der Waals surface area contributed by atoms with Crippen molar-refractivity contribution < 1.29 is 19.6 Å². The van der Waals surface area contributed by atoms with Crippen molar-refractivity contribution in [2.75, 3.05) is 6.54 Å². The summed E-state index contributed by atoms with van der Waals surface area (Å²) >= 11 is 5.93. The Labute approximate surface area is 194 Å². The zero-order chi connectivity index (χ0) is 23.5. The van der Waals surface area contributed by atoms with Crippen molar-refractivity contribution in [3.05, 3.63) is 116 Å². The van der Waals surface area contributed by atoms with Crippen LogP contribution in [0.15, 0.2) is 84.4 Å². The molecule has 0 aliphatic carbocycles. The molecular formula is C25H19ClN2O5. The molecule has 8 heteroatoms. The minimum Gasteiger partial charge on any atom is -0.507 e. The van der Waals surface area contributed by atoms with Crippen molar-refractivity contribution in [3.8, 4) is 0 Å². The molecule has 3 aromatic rings. The standard InChI is InChI=1S/C25H19ClN2O5/c26-19-10-6-18(7-11-19)23(29)21-22(17-8-12-20(13-9-17)28(32)33)27(25(31)24(21)30)15-14-16-4-2-1-3-5-16/h1-13,22,29H,14-15H2/t22-/m1/s1. The molecule has 33 heavy (non-hydrogen) atoms. The van der Waals surface area contributed by atoms with E-state index >= 15 is 0 Å². The molecule has 0 bridgehead atoms. The number of ketones is 1.